The van der Waals surface area contributed by atoms with E-state index in [1.807, 2.05) is 13.8 Å². The molecule has 1 rings (SSSR count). The monoisotopic (exact) mass is 164 g/mol. The summed E-state index contributed by atoms with van der Waals surface area (Å²) in [6, 6.07) is 3.78. The molecule has 0 fully saturated rings. The summed E-state index contributed by atoms with van der Waals surface area (Å²) in [5.41, 5.74) is 0.603. The fraction of sp³-hybridized carbons (Fsp3) is 0.333. The van der Waals surface area contributed by atoms with Crippen molar-refractivity contribution >= 4 is 12.1 Å². The van der Waals surface area contributed by atoms with Crippen LogP contribution in [0.4, 0.5) is 5.82 Å². The molecule has 0 radical (unpaired) electrons. The largest absolute Gasteiger partial charge is 0.367 e. The molecule has 0 unspecified atom stereocenters. The van der Waals surface area contributed by atoms with Gasteiger partial charge in [-0.2, -0.15) is 0 Å². The van der Waals surface area contributed by atoms with E-state index < -0.39 is 0 Å². The Bertz CT molecular complexity index is 271. The molecule has 12 heavy (non-hydrogen) atoms. The number of carbonyl (C=O) groups is 1. The van der Waals surface area contributed by atoms with Gasteiger partial charge >= 0.3 is 0 Å². The molecule has 0 aliphatic carbocycles. The zero-order valence-corrected chi connectivity index (χ0v) is 7.24. The molecular formula is C9H12N2O. The highest BCUT2D eigenvalue weighted by Crippen LogP contribution is 2.09. The maximum Gasteiger partial charge on any atom is 0.153 e. The SMILES string of the molecule is CC(C)Nc1ncccc1C=O. The summed E-state index contributed by atoms with van der Waals surface area (Å²) < 4.78 is 0. The van der Waals surface area contributed by atoms with Crippen molar-refractivity contribution in [3.05, 3.63) is 23.9 Å². The zero-order chi connectivity index (χ0) is 8.97. The maximum absolute atomic E-state index is 10.5. The van der Waals surface area contributed by atoms with E-state index in [0.717, 1.165) is 6.29 Å². The number of nitrogens with zero attached hydrogens (tertiary/aromatic N) is 1. The Morgan fingerprint density at radius 1 is 1.58 bits per heavy atom. The van der Waals surface area contributed by atoms with Gasteiger partial charge in [-0.05, 0) is 26.0 Å². The second kappa shape index (κ2) is 3.85. The van der Waals surface area contributed by atoms with Crippen LogP contribution < -0.4 is 5.32 Å². The Labute approximate surface area is 71.8 Å². The smallest absolute Gasteiger partial charge is 0.153 e. The molecule has 0 amide bonds. The number of hydrogen-bond donors (Lipinski definition) is 1. The Morgan fingerprint density at radius 3 is 2.92 bits per heavy atom. The summed E-state index contributed by atoms with van der Waals surface area (Å²) >= 11 is 0. The van der Waals surface area contributed by atoms with Crippen molar-refractivity contribution in [2.75, 3.05) is 5.32 Å². The van der Waals surface area contributed by atoms with E-state index in [-0.39, 0.29) is 0 Å². The number of hydrogen-bond acceptors (Lipinski definition) is 3. The van der Waals surface area contributed by atoms with Crippen LogP contribution in [0.1, 0.15) is 24.2 Å². The first-order valence-electron chi connectivity index (χ1n) is 3.90. The van der Waals surface area contributed by atoms with Crippen LogP contribution in [0.5, 0.6) is 0 Å². The van der Waals surface area contributed by atoms with Gasteiger partial charge in [-0.3, -0.25) is 4.79 Å². The molecule has 0 aliphatic heterocycles. The van der Waals surface area contributed by atoms with Gasteiger partial charge < -0.3 is 5.32 Å². The van der Waals surface area contributed by atoms with Gasteiger partial charge in [0.05, 0.1) is 5.56 Å². The lowest BCUT2D eigenvalue weighted by Gasteiger charge is -2.09. The van der Waals surface area contributed by atoms with Crippen LogP contribution in [0.25, 0.3) is 0 Å². The second-order valence-corrected chi connectivity index (χ2v) is 2.86. The Balaban J connectivity index is 2.89. The van der Waals surface area contributed by atoms with Crippen molar-refractivity contribution < 1.29 is 4.79 Å². The standard InChI is InChI=1S/C9H12N2O/c1-7(2)11-9-8(6-12)4-3-5-10-9/h3-7H,1-2H3,(H,10,11). The Kier molecular flexibility index (Phi) is 2.80. The third kappa shape index (κ3) is 2.05. The second-order valence-electron chi connectivity index (χ2n) is 2.86. The van der Waals surface area contributed by atoms with E-state index in [2.05, 4.69) is 10.3 Å². The summed E-state index contributed by atoms with van der Waals surface area (Å²) in [5.74, 6) is 0.655. The molecule has 1 N–H and O–H groups in total. The minimum atomic E-state index is 0.290. The number of pyridine rings is 1. The lowest BCUT2D eigenvalue weighted by atomic mass is 10.2. The van der Waals surface area contributed by atoms with Gasteiger partial charge in [0.2, 0.25) is 0 Å². The summed E-state index contributed by atoms with van der Waals surface area (Å²) in [7, 11) is 0. The Morgan fingerprint density at radius 2 is 2.33 bits per heavy atom. The average Bonchev–Trinajstić information content (AvgIpc) is 2.04. The van der Waals surface area contributed by atoms with E-state index in [1.165, 1.54) is 0 Å². The van der Waals surface area contributed by atoms with E-state index >= 15 is 0 Å². The fourth-order valence-electron chi connectivity index (χ4n) is 0.907. The topological polar surface area (TPSA) is 42.0 Å². The Hall–Kier alpha value is -1.38. The molecule has 64 valence electrons. The van der Waals surface area contributed by atoms with E-state index in [4.69, 9.17) is 0 Å². The lowest BCUT2D eigenvalue weighted by Crippen LogP contribution is -2.12. The van der Waals surface area contributed by atoms with Gasteiger partial charge in [0.1, 0.15) is 5.82 Å². The van der Waals surface area contributed by atoms with Crippen LogP contribution in [0.15, 0.2) is 18.3 Å². The highest BCUT2D eigenvalue weighted by Gasteiger charge is 2.01. The molecular weight excluding hydrogens is 152 g/mol. The third-order valence-corrected chi connectivity index (χ3v) is 1.39. The zero-order valence-electron chi connectivity index (χ0n) is 7.24. The van der Waals surface area contributed by atoms with E-state index in [9.17, 15) is 4.79 Å². The molecule has 0 saturated carbocycles. The van der Waals surface area contributed by atoms with Gasteiger partial charge in [0, 0.05) is 12.2 Å². The number of anilines is 1. The molecule has 0 saturated heterocycles. The molecule has 0 spiro atoms. The van der Waals surface area contributed by atoms with E-state index in [0.29, 0.717) is 17.4 Å². The number of aldehydes is 1. The molecule has 1 aromatic heterocycles. The maximum atomic E-state index is 10.5. The minimum Gasteiger partial charge on any atom is -0.367 e. The first-order valence-corrected chi connectivity index (χ1v) is 3.90. The number of aromatic nitrogens is 1. The summed E-state index contributed by atoms with van der Waals surface area (Å²) in [6.45, 7) is 4.01. The van der Waals surface area contributed by atoms with Gasteiger partial charge in [-0.1, -0.05) is 0 Å². The molecule has 0 aliphatic rings. The predicted molar refractivity (Wildman–Crippen MR) is 48.4 cm³/mol. The fourth-order valence-corrected chi connectivity index (χ4v) is 0.907. The van der Waals surface area contributed by atoms with Crippen molar-refractivity contribution in [1.82, 2.24) is 4.98 Å². The normalized spacial score (nSPS) is 9.92. The van der Waals surface area contributed by atoms with E-state index in [1.54, 1.807) is 18.3 Å². The number of carbonyl (C=O) groups excluding carboxylic acids is 1. The molecule has 3 heteroatoms. The van der Waals surface area contributed by atoms with Crippen LogP contribution in [0, 0.1) is 0 Å². The van der Waals surface area contributed by atoms with Gasteiger partial charge in [-0.25, -0.2) is 4.98 Å². The van der Waals surface area contributed by atoms with Crippen LogP contribution in [0.2, 0.25) is 0 Å². The first-order chi connectivity index (χ1) is 5.74. The van der Waals surface area contributed by atoms with Crippen molar-refractivity contribution in [2.24, 2.45) is 0 Å². The molecule has 1 aromatic rings. The van der Waals surface area contributed by atoms with Crippen LogP contribution >= 0.6 is 0 Å². The van der Waals surface area contributed by atoms with Crippen molar-refractivity contribution in [3.8, 4) is 0 Å². The van der Waals surface area contributed by atoms with Gasteiger partial charge in [0.15, 0.2) is 6.29 Å². The molecule has 0 atom stereocenters. The summed E-state index contributed by atoms with van der Waals surface area (Å²) in [6.07, 6.45) is 2.47. The third-order valence-electron chi connectivity index (χ3n) is 1.39. The van der Waals surface area contributed by atoms with Gasteiger partial charge in [-0.15, -0.1) is 0 Å². The minimum absolute atomic E-state index is 0.290. The van der Waals surface area contributed by atoms with Crippen LogP contribution in [0.3, 0.4) is 0 Å². The van der Waals surface area contributed by atoms with Crippen LogP contribution in [-0.4, -0.2) is 17.3 Å². The predicted octanol–water partition coefficient (Wildman–Crippen LogP) is 1.71. The highest BCUT2D eigenvalue weighted by atomic mass is 16.1. The average molecular weight is 164 g/mol. The quantitative estimate of drug-likeness (QED) is 0.691. The molecule has 1 heterocycles. The van der Waals surface area contributed by atoms with Crippen molar-refractivity contribution in [3.63, 3.8) is 0 Å². The van der Waals surface area contributed by atoms with Crippen molar-refractivity contribution in [2.45, 2.75) is 19.9 Å². The number of nitrogens with one attached hydrogen (secondary N) is 1. The van der Waals surface area contributed by atoms with Crippen molar-refractivity contribution in [1.29, 1.82) is 0 Å². The van der Waals surface area contributed by atoms with Crippen LogP contribution in [-0.2, 0) is 0 Å². The summed E-state index contributed by atoms with van der Waals surface area (Å²) in [4.78, 5) is 14.6. The van der Waals surface area contributed by atoms with Gasteiger partial charge in [0.25, 0.3) is 0 Å². The molecule has 3 nitrogen and oxygen atoms in total. The first kappa shape index (κ1) is 8.71. The highest BCUT2D eigenvalue weighted by molar-refractivity contribution is 5.82. The number of rotatable bonds is 3. The molecule has 0 aromatic carbocycles. The molecule has 0 bridgehead atoms. The lowest BCUT2D eigenvalue weighted by molar-refractivity contribution is 0.112. The summed E-state index contributed by atoms with van der Waals surface area (Å²) in [5, 5.41) is 3.08.